The lowest BCUT2D eigenvalue weighted by Crippen LogP contribution is -2.31. The van der Waals surface area contributed by atoms with E-state index in [1.54, 1.807) is 40.7 Å². The second-order valence-electron chi connectivity index (χ2n) is 8.42. The lowest BCUT2D eigenvalue weighted by molar-refractivity contribution is -0.138. The van der Waals surface area contributed by atoms with Gasteiger partial charge < -0.3 is 9.15 Å². The Morgan fingerprint density at radius 3 is 2.44 bits per heavy atom. The van der Waals surface area contributed by atoms with Gasteiger partial charge in [-0.3, -0.25) is 0 Å². The number of hydrogen-bond donors (Lipinski definition) is 0. The summed E-state index contributed by atoms with van der Waals surface area (Å²) in [5.74, 6) is -0.574. The van der Waals surface area contributed by atoms with Gasteiger partial charge in [0.1, 0.15) is 12.2 Å². The SMILES string of the molecule is Cc1ccc2c(COC(=O)/C=C/c3ccc(S(=O)(=O)N4CCCCCC4)cc3)cc(=O)oc2c1. The monoisotopic (exact) mass is 481 g/mol. The maximum atomic E-state index is 12.9. The number of sulfonamides is 1. The van der Waals surface area contributed by atoms with Crippen LogP contribution in [0.5, 0.6) is 0 Å². The normalized spacial score (nSPS) is 15.4. The fourth-order valence-corrected chi connectivity index (χ4v) is 5.52. The van der Waals surface area contributed by atoms with Crippen LogP contribution in [0.25, 0.3) is 17.0 Å². The molecule has 0 radical (unpaired) electrons. The molecule has 0 bridgehead atoms. The number of carbonyl (C=O) groups is 1. The van der Waals surface area contributed by atoms with Crippen molar-refractivity contribution in [2.75, 3.05) is 13.1 Å². The Morgan fingerprint density at radius 2 is 1.74 bits per heavy atom. The molecule has 0 N–H and O–H groups in total. The molecule has 0 atom stereocenters. The number of aryl methyl sites for hydroxylation is 1. The Balaban J connectivity index is 1.40. The molecule has 0 aliphatic carbocycles. The highest BCUT2D eigenvalue weighted by molar-refractivity contribution is 7.89. The Bertz CT molecular complexity index is 1360. The Hall–Kier alpha value is -3.23. The lowest BCUT2D eigenvalue weighted by atomic mass is 10.1. The van der Waals surface area contributed by atoms with Crippen molar-refractivity contribution in [3.05, 3.63) is 81.7 Å². The summed E-state index contributed by atoms with van der Waals surface area (Å²) in [5, 5.41) is 0.711. The van der Waals surface area contributed by atoms with Crippen molar-refractivity contribution >= 4 is 33.0 Å². The highest BCUT2D eigenvalue weighted by Gasteiger charge is 2.24. The van der Waals surface area contributed by atoms with E-state index in [1.807, 2.05) is 19.1 Å². The van der Waals surface area contributed by atoms with Crippen molar-refractivity contribution in [1.82, 2.24) is 4.31 Å². The van der Waals surface area contributed by atoms with Gasteiger partial charge in [-0.05, 0) is 55.2 Å². The zero-order valence-corrected chi connectivity index (χ0v) is 19.8. The van der Waals surface area contributed by atoms with Gasteiger partial charge in [0.2, 0.25) is 10.0 Å². The number of esters is 1. The number of carbonyl (C=O) groups excluding carboxylic acids is 1. The number of hydrogen-bond acceptors (Lipinski definition) is 6. The van der Waals surface area contributed by atoms with E-state index in [9.17, 15) is 18.0 Å². The van der Waals surface area contributed by atoms with Gasteiger partial charge in [-0.2, -0.15) is 4.31 Å². The summed E-state index contributed by atoms with van der Waals surface area (Å²) in [4.78, 5) is 24.3. The standard InChI is InChI=1S/C26H27NO6S/c1-19-6-12-23-21(17-26(29)33-24(23)16-19)18-32-25(28)13-9-20-7-10-22(11-8-20)34(30,31)27-14-4-2-3-5-15-27/h6-13,16-17H,2-5,14-15,18H2,1H3/b13-9+. The van der Waals surface area contributed by atoms with Crippen LogP contribution in [-0.2, 0) is 26.2 Å². The maximum absolute atomic E-state index is 12.9. The minimum absolute atomic E-state index is 0.0681. The maximum Gasteiger partial charge on any atom is 0.336 e. The first kappa shape index (κ1) is 23.9. The van der Waals surface area contributed by atoms with Crippen LogP contribution in [0.4, 0.5) is 0 Å². The van der Waals surface area contributed by atoms with E-state index in [-0.39, 0.29) is 11.5 Å². The average molecular weight is 482 g/mol. The summed E-state index contributed by atoms with van der Waals surface area (Å²) in [5.41, 5.74) is 2.14. The average Bonchev–Trinajstić information content (AvgIpc) is 3.11. The van der Waals surface area contributed by atoms with Crippen LogP contribution >= 0.6 is 0 Å². The largest absolute Gasteiger partial charge is 0.458 e. The fraction of sp³-hybridized carbons (Fsp3) is 0.308. The first-order valence-electron chi connectivity index (χ1n) is 11.3. The number of ether oxygens (including phenoxy) is 1. The molecule has 1 aromatic heterocycles. The van der Waals surface area contributed by atoms with Gasteiger partial charge in [0, 0.05) is 36.2 Å². The third kappa shape index (κ3) is 5.63. The molecule has 34 heavy (non-hydrogen) atoms. The van der Waals surface area contributed by atoms with Crippen molar-refractivity contribution in [2.24, 2.45) is 0 Å². The number of rotatable bonds is 6. The number of fused-ring (bicyclic) bond motifs is 1. The van der Waals surface area contributed by atoms with Crippen LogP contribution < -0.4 is 5.63 Å². The van der Waals surface area contributed by atoms with E-state index in [4.69, 9.17) is 9.15 Å². The van der Waals surface area contributed by atoms with Crippen LogP contribution in [0.3, 0.4) is 0 Å². The molecule has 0 amide bonds. The molecule has 2 aromatic carbocycles. The zero-order valence-electron chi connectivity index (χ0n) is 19.0. The van der Waals surface area contributed by atoms with Crippen LogP contribution in [0.15, 0.2) is 68.7 Å². The molecule has 178 valence electrons. The molecule has 0 spiro atoms. The van der Waals surface area contributed by atoms with Crippen LogP contribution in [0.1, 0.15) is 42.4 Å². The van der Waals surface area contributed by atoms with Crippen molar-refractivity contribution in [2.45, 2.75) is 44.1 Å². The third-order valence-corrected chi connectivity index (χ3v) is 7.76. The van der Waals surface area contributed by atoms with E-state index >= 15 is 0 Å². The summed E-state index contributed by atoms with van der Waals surface area (Å²) in [6.45, 7) is 2.93. The summed E-state index contributed by atoms with van der Waals surface area (Å²) >= 11 is 0. The van der Waals surface area contributed by atoms with Gasteiger partial charge in [0.05, 0.1) is 4.90 Å². The van der Waals surface area contributed by atoms with Crippen LogP contribution in [-0.4, -0.2) is 31.8 Å². The number of benzene rings is 2. The minimum atomic E-state index is -3.51. The zero-order chi connectivity index (χ0) is 24.1. The molecule has 7 nitrogen and oxygen atoms in total. The Morgan fingerprint density at radius 1 is 1.03 bits per heavy atom. The molecule has 1 aliphatic rings. The summed E-state index contributed by atoms with van der Waals surface area (Å²) in [7, 11) is -3.51. The topological polar surface area (TPSA) is 93.9 Å². The van der Waals surface area contributed by atoms with Crippen LogP contribution in [0.2, 0.25) is 0 Å². The summed E-state index contributed by atoms with van der Waals surface area (Å²) in [6.07, 6.45) is 6.71. The quantitative estimate of drug-likeness (QED) is 0.294. The molecular formula is C26H27NO6S. The molecule has 8 heteroatoms. The predicted molar refractivity (Wildman–Crippen MR) is 130 cm³/mol. The molecular weight excluding hydrogens is 454 g/mol. The van der Waals surface area contributed by atoms with Crippen molar-refractivity contribution in [3.8, 4) is 0 Å². The Labute approximate surface area is 198 Å². The molecule has 1 fully saturated rings. The van der Waals surface area contributed by atoms with Gasteiger partial charge in [-0.1, -0.05) is 37.1 Å². The fourth-order valence-electron chi connectivity index (χ4n) is 4.00. The van der Waals surface area contributed by atoms with Gasteiger partial charge >= 0.3 is 11.6 Å². The third-order valence-electron chi connectivity index (χ3n) is 5.85. The molecule has 4 rings (SSSR count). The molecule has 1 aliphatic heterocycles. The van der Waals surface area contributed by atoms with E-state index in [0.717, 1.165) is 31.2 Å². The molecule has 1 saturated heterocycles. The highest BCUT2D eigenvalue weighted by atomic mass is 32.2. The van der Waals surface area contributed by atoms with Gasteiger partial charge in [0.15, 0.2) is 0 Å². The summed E-state index contributed by atoms with van der Waals surface area (Å²) < 4.78 is 37.8. The predicted octanol–water partition coefficient (Wildman–Crippen LogP) is 4.42. The first-order chi connectivity index (χ1) is 16.3. The minimum Gasteiger partial charge on any atom is -0.458 e. The van der Waals surface area contributed by atoms with Crippen LogP contribution in [0, 0.1) is 6.92 Å². The van der Waals surface area contributed by atoms with E-state index in [2.05, 4.69) is 0 Å². The molecule has 2 heterocycles. The van der Waals surface area contributed by atoms with E-state index < -0.39 is 21.6 Å². The Kier molecular flexibility index (Phi) is 7.29. The second-order valence-corrected chi connectivity index (χ2v) is 10.4. The van der Waals surface area contributed by atoms with Crippen molar-refractivity contribution in [3.63, 3.8) is 0 Å². The van der Waals surface area contributed by atoms with Gasteiger partial charge in [-0.15, -0.1) is 0 Å². The van der Waals surface area contributed by atoms with E-state index in [0.29, 0.717) is 35.2 Å². The van der Waals surface area contributed by atoms with Gasteiger partial charge in [-0.25, -0.2) is 18.0 Å². The number of nitrogens with zero attached hydrogens (tertiary/aromatic N) is 1. The molecule has 0 unspecified atom stereocenters. The second kappa shape index (κ2) is 10.4. The lowest BCUT2D eigenvalue weighted by Gasteiger charge is -2.19. The smallest absolute Gasteiger partial charge is 0.336 e. The first-order valence-corrected chi connectivity index (χ1v) is 12.8. The summed E-state index contributed by atoms with van der Waals surface area (Å²) in [6, 6.07) is 13.2. The molecule has 0 saturated carbocycles. The van der Waals surface area contributed by atoms with Crippen molar-refractivity contribution < 1.29 is 22.4 Å². The highest BCUT2D eigenvalue weighted by Crippen LogP contribution is 2.22. The van der Waals surface area contributed by atoms with Crippen molar-refractivity contribution in [1.29, 1.82) is 0 Å². The van der Waals surface area contributed by atoms with Gasteiger partial charge in [0.25, 0.3) is 0 Å². The van der Waals surface area contributed by atoms with E-state index in [1.165, 1.54) is 12.1 Å². The molecule has 3 aromatic rings.